The van der Waals surface area contributed by atoms with Crippen LogP contribution in [0.3, 0.4) is 0 Å². The lowest BCUT2D eigenvalue weighted by Crippen LogP contribution is -2.22. The molecule has 0 aliphatic rings. The molecule has 0 spiro atoms. The first-order valence-electron chi connectivity index (χ1n) is 4.70. The number of halogens is 3. The molecule has 3 nitrogen and oxygen atoms in total. The molecule has 2 rings (SSSR count). The summed E-state index contributed by atoms with van der Waals surface area (Å²) in [4.78, 5) is 11.9. The molecule has 0 fully saturated rings. The van der Waals surface area contributed by atoms with Crippen LogP contribution in [-0.4, -0.2) is 9.78 Å². The van der Waals surface area contributed by atoms with Crippen molar-refractivity contribution in [2.45, 2.75) is 6.92 Å². The second-order valence-electron chi connectivity index (χ2n) is 3.45. The molecule has 0 aliphatic heterocycles. The predicted molar refractivity (Wildman–Crippen MR) is 69.6 cm³/mol. The summed E-state index contributed by atoms with van der Waals surface area (Å²) in [5.41, 5.74) is 0.664. The van der Waals surface area contributed by atoms with Crippen LogP contribution in [0.5, 0.6) is 0 Å². The molecule has 0 atom stereocenters. The van der Waals surface area contributed by atoms with Gasteiger partial charge in [0.2, 0.25) is 0 Å². The number of benzene rings is 1. The number of hydrogen-bond donors (Lipinski definition) is 0. The topological polar surface area (TPSA) is 34.9 Å². The van der Waals surface area contributed by atoms with E-state index in [1.54, 1.807) is 25.1 Å². The highest BCUT2D eigenvalue weighted by Gasteiger charge is 2.10. The van der Waals surface area contributed by atoms with Gasteiger partial charge in [-0.2, -0.15) is 9.78 Å². The average Bonchev–Trinajstić information content (AvgIpc) is 2.28. The summed E-state index contributed by atoms with van der Waals surface area (Å²) in [5.74, 6) is 0. The zero-order valence-corrected chi connectivity index (χ0v) is 11.0. The van der Waals surface area contributed by atoms with Gasteiger partial charge in [0, 0.05) is 5.02 Å². The lowest BCUT2D eigenvalue weighted by Gasteiger charge is -2.07. The van der Waals surface area contributed by atoms with Crippen LogP contribution >= 0.6 is 34.8 Å². The zero-order chi connectivity index (χ0) is 12.6. The van der Waals surface area contributed by atoms with Gasteiger partial charge in [-0.15, -0.1) is 0 Å². The number of rotatable bonds is 1. The summed E-state index contributed by atoms with van der Waals surface area (Å²) in [6.45, 7) is 1.71. The molecule has 0 radical (unpaired) electrons. The maximum atomic E-state index is 11.9. The molecule has 0 saturated carbocycles. The van der Waals surface area contributed by atoms with Gasteiger partial charge in [-0.05, 0) is 30.7 Å². The van der Waals surface area contributed by atoms with Crippen LogP contribution in [0.2, 0.25) is 15.1 Å². The largest absolute Gasteiger partial charge is 0.290 e. The maximum Gasteiger partial charge on any atom is 0.290 e. The van der Waals surface area contributed by atoms with Gasteiger partial charge < -0.3 is 0 Å². The van der Waals surface area contributed by atoms with Crippen LogP contribution in [0.25, 0.3) is 5.69 Å². The Morgan fingerprint density at radius 3 is 2.59 bits per heavy atom. The van der Waals surface area contributed by atoms with Crippen LogP contribution in [0, 0.1) is 6.92 Å². The van der Waals surface area contributed by atoms with Crippen LogP contribution in [-0.2, 0) is 0 Å². The van der Waals surface area contributed by atoms with Crippen molar-refractivity contribution in [2.24, 2.45) is 0 Å². The summed E-state index contributed by atoms with van der Waals surface area (Å²) in [7, 11) is 0. The lowest BCUT2D eigenvalue weighted by atomic mass is 10.3. The van der Waals surface area contributed by atoms with Gasteiger partial charge in [-0.25, -0.2) is 0 Å². The summed E-state index contributed by atoms with van der Waals surface area (Å²) in [5, 5.41) is 4.95. The van der Waals surface area contributed by atoms with Crippen molar-refractivity contribution in [3.63, 3.8) is 0 Å². The fourth-order valence-corrected chi connectivity index (χ4v) is 1.96. The van der Waals surface area contributed by atoms with Crippen LogP contribution in [0.4, 0.5) is 0 Å². The first kappa shape index (κ1) is 12.4. The third kappa shape index (κ3) is 2.32. The number of nitrogens with zero attached hydrogens (tertiary/aromatic N) is 2. The van der Waals surface area contributed by atoms with Crippen molar-refractivity contribution >= 4 is 34.8 Å². The Bertz CT molecular complexity index is 637. The molecule has 0 N–H and O–H groups in total. The average molecular weight is 290 g/mol. The monoisotopic (exact) mass is 288 g/mol. The summed E-state index contributed by atoms with van der Waals surface area (Å²) in [6, 6.07) is 4.79. The summed E-state index contributed by atoms with van der Waals surface area (Å²) >= 11 is 17.7. The Morgan fingerprint density at radius 1 is 1.24 bits per heavy atom. The van der Waals surface area contributed by atoms with Crippen molar-refractivity contribution < 1.29 is 0 Å². The Kier molecular flexibility index (Phi) is 3.43. The van der Waals surface area contributed by atoms with Crippen molar-refractivity contribution in [2.75, 3.05) is 0 Å². The quantitative estimate of drug-likeness (QED) is 0.805. The first-order valence-corrected chi connectivity index (χ1v) is 5.84. The van der Waals surface area contributed by atoms with Crippen LogP contribution < -0.4 is 5.56 Å². The van der Waals surface area contributed by atoms with Gasteiger partial charge in [0.1, 0.15) is 5.02 Å². The van der Waals surface area contributed by atoms with E-state index < -0.39 is 5.56 Å². The molecular weight excluding hydrogens is 282 g/mol. The zero-order valence-electron chi connectivity index (χ0n) is 8.75. The van der Waals surface area contributed by atoms with Gasteiger partial charge in [-0.3, -0.25) is 4.79 Å². The van der Waals surface area contributed by atoms with Crippen LogP contribution in [0.1, 0.15) is 5.56 Å². The molecule has 0 aliphatic carbocycles. The third-order valence-corrected chi connectivity index (χ3v) is 3.23. The molecule has 0 bridgehead atoms. The third-order valence-electron chi connectivity index (χ3n) is 2.23. The normalized spacial score (nSPS) is 10.6. The van der Waals surface area contributed by atoms with Crippen molar-refractivity contribution in [3.05, 3.63) is 55.4 Å². The summed E-state index contributed by atoms with van der Waals surface area (Å²) < 4.78 is 1.15. The molecule has 0 unspecified atom stereocenters. The molecule has 6 heteroatoms. The number of aromatic nitrogens is 2. The Balaban J connectivity index is 2.70. The fraction of sp³-hybridized carbons (Fsp3) is 0.0909. The minimum atomic E-state index is -0.407. The van der Waals surface area contributed by atoms with E-state index >= 15 is 0 Å². The highest BCUT2D eigenvalue weighted by Crippen LogP contribution is 2.23. The number of hydrogen-bond acceptors (Lipinski definition) is 2. The van der Waals surface area contributed by atoms with Crippen molar-refractivity contribution in [3.8, 4) is 5.69 Å². The molecule has 0 amide bonds. The Morgan fingerprint density at radius 2 is 1.94 bits per heavy atom. The number of aryl methyl sites for hydroxylation is 1. The van der Waals surface area contributed by atoms with E-state index in [1.165, 1.54) is 6.20 Å². The molecule has 0 saturated heterocycles. The van der Waals surface area contributed by atoms with E-state index in [0.717, 1.165) is 4.68 Å². The highest BCUT2D eigenvalue weighted by molar-refractivity contribution is 6.35. The van der Waals surface area contributed by atoms with Gasteiger partial charge in [0.05, 0.1) is 16.9 Å². The van der Waals surface area contributed by atoms with Gasteiger partial charge in [-0.1, -0.05) is 34.8 Å². The standard InChI is InChI=1S/C11H7Cl3N2O/c1-6-5-15-16(11(17)10(6)14)9-3-2-7(12)4-8(9)13/h2-5H,1H3. The minimum Gasteiger partial charge on any atom is -0.266 e. The Labute approximate surface area is 113 Å². The first-order chi connectivity index (χ1) is 8.00. The summed E-state index contributed by atoms with van der Waals surface area (Å²) in [6.07, 6.45) is 1.51. The predicted octanol–water partition coefficient (Wildman–Crippen LogP) is 3.50. The molecule has 1 aromatic carbocycles. The maximum absolute atomic E-state index is 11.9. The van der Waals surface area contributed by atoms with Crippen molar-refractivity contribution in [1.29, 1.82) is 0 Å². The SMILES string of the molecule is Cc1cnn(-c2ccc(Cl)cc2Cl)c(=O)c1Cl. The molecule has 88 valence electrons. The van der Waals surface area contributed by atoms with E-state index in [2.05, 4.69) is 5.10 Å². The van der Waals surface area contributed by atoms with Crippen LogP contribution in [0.15, 0.2) is 29.2 Å². The van der Waals surface area contributed by atoms with Gasteiger partial charge in [0.25, 0.3) is 5.56 Å². The van der Waals surface area contributed by atoms with Gasteiger partial charge >= 0.3 is 0 Å². The highest BCUT2D eigenvalue weighted by atomic mass is 35.5. The molecule has 1 heterocycles. The van der Waals surface area contributed by atoms with E-state index in [0.29, 0.717) is 21.3 Å². The van der Waals surface area contributed by atoms with Gasteiger partial charge in [0.15, 0.2) is 0 Å². The van der Waals surface area contributed by atoms with E-state index in [4.69, 9.17) is 34.8 Å². The molecule has 1 aromatic heterocycles. The minimum absolute atomic E-state index is 0.131. The second-order valence-corrected chi connectivity index (χ2v) is 4.68. The molecule has 2 aromatic rings. The van der Waals surface area contributed by atoms with E-state index in [-0.39, 0.29) is 5.02 Å². The molecule has 17 heavy (non-hydrogen) atoms. The smallest absolute Gasteiger partial charge is 0.266 e. The second kappa shape index (κ2) is 4.69. The van der Waals surface area contributed by atoms with E-state index in [1.807, 2.05) is 0 Å². The van der Waals surface area contributed by atoms with Crippen molar-refractivity contribution in [1.82, 2.24) is 9.78 Å². The lowest BCUT2D eigenvalue weighted by molar-refractivity contribution is 0.801. The Hall–Kier alpha value is -1.03. The fourth-order valence-electron chi connectivity index (χ4n) is 1.34. The molecular formula is C11H7Cl3N2O. The van der Waals surface area contributed by atoms with E-state index in [9.17, 15) is 4.79 Å².